The van der Waals surface area contributed by atoms with Crippen molar-refractivity contribution in [1.82, 2.24) is 14.7 Å². The van der Waals surface area contributed by atoms with Crippen LogP contribution < -0.4 is 5.32 Å². The molecular formula is C15H14ClN3O5. The molecule has 9 heteroatoms. The zero-order valence-corrected chi connectivity index (χ0v) is 13.4. The van der Waals surface area contributed by atoms with E-state index in [0.29, 0.717) is 11.3 Å². The second-order valence-corrected chi connectivity index (χ2v) is 4.78. The number of carbonyl (C=O) groups excluding carboxylic acids is 3. The van der Waals surface area contributed by atoms with Crippen LogP contribution in [-0.2, 0) is 19.1 Å². The van der Waals surface area contributed by atoms with Crippen molar-refractivity contribution in [3.8, 4) is 0 Å². The topological polar surface area (TPSA) is 99.0 Å². The first-order valence-electron chi connectivity index (χ1n) is 6.95. The number of halogens is 1. The Kier molecular flexibility index (Phi) is 5.91. The van der Waals surface area contributed by atoms with E-state index in [1.165, 1.54) is 6.08 Å². The molecule has 0 aliphatic rings. The summed E-state index contributed by atoms with van der Waals surface area (Å²) in [5.41, 5.74) is 1.13. The maximum absolute atomic E-state index is 11.6. The molecule has 2 heterocycles. The molecule has 0 saturated carbocycles. The Labute approximate surface area is 142 Å². The third-order valence-corrected chi connectivity index (χ3v) is 3.04. The maximum Gasteiger partial charge on any atom is 0.413 e. The lowest BCUT2D eigenvalue weighted by atomic mass is 10.4. The van der Waals surface area contributed by atoms with E-state index in [4.69, 9.17) is 16.3 Å². The minimum atomic E-state index is -0.897. The van der Waals surface area contributed by atoms with Crippen LogP contribution in [-0.4, -0.2) is 40.6 Å². The molecule has 0 aromatic carbocycles. The van der Waals surface area contributed by atoms with Crippen LogP contribution in [0, 0.1) is 0 Å². The van der Waals surface area contributed by atoms with E-state index in [1.54, 1.807) is 29.7 Å². The van der Waals surface area contributed by atoms with Gasteiger partial charge in [-0.2, -0.15) is 0 Å². The third-order valence-electron chi connectivity index (χ3n) is 2.76. The van der Waals surface area contributed by atoms with Crippen molar-refractivity contribution in [1.29, 1.82) is 0 Å². The van der Waals surface area contributed by atoms with Crippen LogP contribution in [0.5, 0.6) is 0 Å². The fourth-order valence-corrected chi connectivity index (χ4v) is 2.02. The van der Waals surface area contributed by atoms with Crippen LogP contribution in [0.3, 0.4) is 0 Å². The van der Waals surface area contributed by atoms with E-state index in [9.17, 15) is 14.4 Å². The van der Waals surface area contributed by atoms with Crippen molar-refractivity contribution in [3.63, 3.8) is 0 Å². The van der Waals surface area contributed by atoms with Crippen LogP contribution in [0.1, 0.15) is 12.6 Å². The largest absolute Gasteiger partial charge is 0.452 e. The van der Waals surface area contributed by atoms with Gasteiger partial charge in [-0.3, -0.25) is 14.5 Å². The molecule has 0 bridgehead atoms. The molecule has 2 amide bonds. The summed E-state index contributed by atoms with van der Waals surface area (Å²) in [4.78, 5) is 38.1. The van der Waals surface area contributed by atoms with Crippen molar-refractivity contribution in [2.75, 3.05) is 13.2 Å². The molecular weight excluding hydrogens is 338 g/mol. The Balaban J connectivity index is 1.92. The summed E-state index contributed by atoms with van der Waals surface area (Å²) in [6.07, 6.45) is 3.38. The fraction of sp³-hybridized carbons (Fsp3) is 0.200. The first kappa shape index (κ1) is 17.5. The number of rotatable bonds is 5. The summed E-state index contributed by atoms with van der Waals surface area (Å²) < 4.78 is 10.9. The van der Waals surface area contributed by atoms with E-state index < -0.39 is 24.6 Å². The predicted octanol–water partition coefficient (Wildman–Crippen LogP) is 1.82. The van der Waals surface area contributed by atoms with Gasteiger partial charge in [-0.1, -0.05) is 17.7 Å². The standard InChI is InChI=1S/C15H14ClN3O5/c1-2-23-15(22)18-12(20)9-24-13(21)7-6-10-14(16)17-11-5-3-4-8-19(10)11/h3-8H,2,9H2,1H3,(H,18,20,22)/b7-6+. The molecule has 0 unspecified atom stereocenters. The maximum atomic E-state index is 11.6. The minimum Gasteiger partial charge on any atom is -0.452 e. The number of alkyl carbamates (subject to hydrolysis) is 1. The van der Waals surface area contributed by atoms with Gasteiger partial charge in [-0.15, -0.1) is 0 Å². The van der Waals surface area contributed by atoms with E-state index in [0.717, 1.165) is 6.08 Å². The molecule has 126 valence electrons. The van der Waals surface area contributed by atoms with Crippen LogP contribution >= 0.6 is 11.6 Å². The van der Waals surface area contributed by atoms with Crippen molar-refractivity contribution in [2.45, 2.75) is 6.92 Å². The van der Waals surface area contributed by atoms with Gasteiger partial charge >= 0.3 is 12.1 Å². The van der Waals surface area contributed by atoms with Crippen molar-refractivity contribution in [3.05, 3.63) is 41.3 Å². The number of pyridine rings is 1. The highest BCUT2D eigenvalue weighted by Gasteiger charge is 2.11. The number of nitrogens with one attached hydrogen (secondary N) is 1. The average molecular weight is 352 g/mol. The first-order valence-corrected chi connectivity index (χ1v) is 7.33. The van der Waals surface area contributed by atoms with Gasteiger partial charge in [0, 0.05) is 12.3 Å². The molecule has 0 aliphatic carbocycles. The zero-order chi connectivity index (χ0) is 17.5. The van der Waals surface area contributed by atoms with Crippen molar-refractivity contribution in [2.24, 2.45) is 0 Å². The average Bonchev–Trinajstić information content (AvgIpc) is 2.86. The minimum absolute atomic E-state index is 0.127. The quantitative estimate of drug-likeness (QED) is 0.651. The van der Waals surface area contributed by atoms with Gasteiger partial charge in [0.2, 0.25) is 0 Å². The molecule has 2 aromatic heterocycles. The SMILES string of the molecule is CCOC(=O)NC(=O)COC(=O)/C=C/c1c(Cl)nc2ccccn12. The molecule has 0 aliphatic heterocycles. The highest BCUT2D eigenvalue weighted by molar-refractivity contribution is 6.31. The number of nitrogens with zero attached hydrogens (tertiary/aromatic N) is 2. The summed E-state index contributed by atoms with van der Waals surface area (Å²) in [7, 11) is 0. The number of esters is 1. The molecule has 0 atom stereocenters. The Morgan fingerprint density at radius 2 is 2.12 bits per heavy atom. The molecule has 0 spiro atoms. The number of aromatic nitrogens is 2. The highest BCUT2D eigenvalue weighted by atomic mass is 35.5. The number of imidazole rings is 1. The van der Waals surface area contributed by atoms with Crippen LogP contribution in [0.25, 0.3) is 11.7 Å². The summed E-state index contributed by atoms with van der Waals surface area (Å²) in [6.45, 7) is 1.12. The Hall–Kier alpha value is -2.87. The van der Waals surface area contributed by atoms with Gasteiger partial charge in [-0.05, 0) is 25.1 Å². The number of ether oxygens (including phenoxy) is 2. The van der Waals surface area contributed by atoms with E-state index in [2.05, 4.69) is 9.72 Å². The number of carbonyl (C=O) groups is 3. The summed E-state index contributed by atoms with van der Waals surface area (Å²) in [5, 5.41) is 2.13. The van der Waals surface area contributed by atoms with Crippen molar-refractivity contribution < 1.29 is 23.9 Å². The smallest absolute Gasteiger partial charge is 0.413 e. The first-order chi connectivity index (χ1) is 11.5. The molecule has 0 saturated heterocycles. The Morgan fingerprint density at radius 3 is 2.88 bits per heavy atom. The Morgan fingerprint density at radius 1 is 1.33 bits per heavy atom. The van der Waals surface area contributed by atoms with E-state index in [1.807, 2.05) is 11.4 Å². The van der Waals surface area contributed by atoms with Crippen molar-refractivity contribution >= 4 is 41.3 Å². The summed E-state index contributed by atoms with van der Waals surface area (Å²) in [6, 6.07) is 5.37. The summed E-state index contributed by atoms with van der Waals surface area (Å²) >= 11 is 6.01. The molecule has 2 aromatic rings. The number of hydrogen-bond donors (Lipinski definition) is 1. The van der Waals surface area contributed by atoms with Gasteiger partial charge < -0.3 is 9.47 Å². The van der Waals surface area contributed by atoms with E-state index >= 15 is 0 Å². The number of hydrogen-bond acceptors (Lipinski definition) is 6. The number of imide groups is 1. The third kappa shape index (κ3) is 4.56. The lowest BCUT2D eigenvalue weighted by Crippen LogP contribution is -2.34. The van der Waals surface area contributed by atoms with Gasteiger partial charge in [-0.25, -0.2) is 14.6 Å². The van der Waals surface area contributed by atoms with E-state index in [-0.39, 0.29) is 11.8 Å². The number of amides is 2. The summed E-state index contributed by atoms with van der Waals surface area (Å²) in [5.74, 6) is -1.56. The highest BCUT2D eigenvalue weighted by Crippen LogP contribution is 2.18. The van der Waals surface area contributed by atoms with Gasteiger partial charge in [0.15, 0.2) is 11.8 Å². The normalized spacial score (nSPS) is 10.8. The molecule has 24 heavy (non-hydrogen) atoms. The Bertz CT molecular complexity index is 800. The van der Waals surface area contributed by atoms with Crippen LogP contribution in [0.4, 0.5) is 4.79 Å². The van der Waals surface area contributed by atoms with Gasteiger partial charge in [0.1, 0.15) is 5.65 Å². The molecule has 2 rings (SSSR count). The predicted molar refractivity (Wildman–Crippen MR) is 85.4 cm³/mol. The fourth-order valence-electron chi connectivity index (χ4n) is 1.78. The second kappa shape index (κ2) is 8.11. The number of fused-ring (bicyclic) bond motifs is 1. The lowest BCUT2D eigenvalue weighted by Gasteiger charge is -2.04. The molecule has 0 radical (unpaired) electrons. The molecule has 1 N–H and O–H groups in total. The van der Waals surface area contributed by atoms with Gasteiger partial charge in [0.25, 0.3) is 5.91 Å². The van der Waals surface area contributed by atoms with Crippen LogP contribution in [0.2, 0.25) is 5.15 Å². The molecule has 8 nitrogen and oxygen atoms in total. The van der Waals surface area contributed by atoms with Gasteiger partial charge in [0.05, 0.1) is 12.3 Å². The lowest BCUT2D eigenvalue weighted by molar-refractivity contribution is -0.143. The monoisotopic (exact) mass is 351 g/mol. The molecule has 0 fully saturated rings. The zero-order valence-electron chi connectivity index (χ0n) is 12.7. The van der Waals surface area contributed by atoms with Crippen LogP contribution in [0.15, 0.2) is 30.5 Å². The second-order valence-electron chi connectivity index (χ2n) is 4.43.